The van der Waals surface area contributed by atoms with Gasteiger partial charge in [0.05, 0.1) is 11.4 Å². The summed E-state index contributed by atoms with van der Waals surface area (Å²) < 4.78 is 0. The summed E-state index contributed by atoms with van der Waals surface area (Å²) in [5, 5.41) is 1.03. The van der Waals surface area contributed by atoms with Crippen LogP contribution in [0.4, 0.5) is 0 Å². The third-order valence-corrected chi connectivity index (χ3v) is 6.27. The number of nitrogens with zero attached hydrogens (tertiary/aromatic N) is 5. The van der Waals surface area contributed by atoms with Crippen molar-refractivity contribution < 1.29 is 4.79 Å². The van der Waals surface area contributed by atoms with Gasteiger partial charge in [0.25, 0.3) is 5.91 Å². The van der Waals surface area contributed by atoms with Crippen molar-refractivity contribution in [3.05, 3.63) is 77.5 Å². The molecule has 33 heavy (non-hydrogen) atoms. The van der Waals surface area contributed by atoms with Crippen molar-refractivity contribution in [2.24, 2.45) is 0 Å². The number of hydrogen-bond donors (Lipinski definition) is 1. The maximum atomic E-state index is 12.9. The molecule has 0 saturated carbocycles. The van der Waals surface area contributed by atoms with Crippen LogP contribution in [0.5, 0.6) is 0 Å². The third kappa shape index (κ3) is 4.64. The summed E-state index contributed by atoms with van der Waals surface area (Å²) in [6, 6.07) is 14.2. The number of rotatable bonds is 5. The maximum absolute atomic E-state index is 12.9. The number of nitrogens with one attached hydrogen (secondary N) is 1. The van der Waals surface area contributed by atoms with E-state index in [4.69, 9.17) is 4.98 Å². The van der Waals surface area contributed by atoms with E-state index >= 15 is 0 Å². The molecule has 0 unspecified atom stereocenters. The van der Waals surface area contributed by atoms with Crippen LogP contribution in [-0.2, 0) is 12.8 Å². The van der Waals surface area contributed by atoms with Crippen LogP contribution >= 0.6 is 0 Å². The minimum atomic E-state index is 0.0682. The molecule has 0 radical (unpaired) electrons. The van der Waals surface area contributed by atoms with E-state index in [2.05, 4.69) is 52.0 Å². The smallest absolute Gasteiger partial charge is 0.270 e. The molecule has 1 amide bonds. The fourth-order valence-electron chi connectivity index (χ4n) is 4.23. The molecule has 1 N–H and O–H groups in total. The van der Waals surface area contributed by atoms with E-state index < -0.39 is 0 Å². The Morgan fingerprint density at radius 3 is 2.58 bits per heavy atom. The lowest BCUT2D eigenvalue weighted by atomic mass is 10.1. The molecule has 0 bridgehead atoms. The quantitative estimate of drug-likeness (QED) is 0.513. The van der Waals surface area contributed by atoms with E-state index in [9.17, 15) is 4.79 Å². The zero-order valence-electron chi connectivity index (χ0n) is 19.1. The number of aryl methyl sites for hydroxylation is 1. The van der Waals surface area contributed by atoms with Crippen molar-refractivity contribution in [3.8, 4) is 11.4 Å². The number of H-pyrrole nitrogens is 1. The van der Waals surface area contributed by atoms with Crippen LogP contribution in [-0.4, -0.2) is 68.9 Å². The van der Waals surface area contributed by atoms with Gasteiger partial charge in [-0.2, -0.15) is 0 Å². The van der Waals surface area contributed by atoms with E-state index in [1.165, 1.54) is 5.56 Å². The minimum absolute atomic E-state index is 0.0682. The number of piperazine rings is 1. The Bertz CT molecular complexity index is 1290. The minimum Gasteiger partial charge on any atom is -0.351 e. The second-order valence-electron chi connectivity index (χ2n) is 8.64. The van der Waals surface area contributed by atoms with E-state index in [0.717, 1.165) is 66.3 Å². The third-order valence-electron chi connectivity index (χ3n) is 6.27. The zero-order chi connectivity index (χ0) is 22.8. The van der Waals surface area contributed by atoms with Crippen molar-refractivity contribution in [2.45, 2.75) is 19.8 Å². The van der Waals surface area contributed by atoms with Crippen molar-refractivity contribution in [3.63, 3.8) is 0 Å². The first-order valence-electron chi connectivity index (χ1n) is 11.5. The summed E-state index contributed by atoms with van der Waals surface area (Å²) in [5.74, 6) is 0.818. The van der Waals surface area contributed by atoms with Gasteiger partial charge >= 0.3 is 0 Å². The number of likely N-dealkylation sites (N-methyl/N-ethyl adjacent to an activating group) is 1. The van der Waals surface area contributed by atoms with Gasteiger partial charge < -0.3 is 14.8 Å². The lowest BCUT2D eigenvalue weighted by Crippen LogP contribution is -2.47. The first kappa shape index (κ1) is 21.3. The number of pyridine rings is 1. The van der Waals surface area contributed by atoms with Crippen molar-refractivity contribution in [1.82, 2.24) is 29.7 Å². The molecule has 1 aromatic carbocycles. The summed E-state index contributed by atoms with van der Waals surface area (Å²) in [5.41, 5.74) is 5.65. The van der Waals surface area contributed by atoms with Crippen LogP contribution in [0.15, 0.2) is 54.9 Å². The highest BCUT2D eigenvalue weighted by molar-refractivity contribution is 5.98. The Hall–Kier alpha value is -3.58. The van der Waals surface area contributed by atoms with E-state index in [0.29, 0.717) is 12.1 Å². The zero-order valence-corrected chi connectivity index (χ0v) is 19.1. The fourth-order valence-corrected chi connectivity index (χ4v) is 4.23. The van der Waals surface area contributed by atoms with E-state index in [1.807, 2.05) is 35.4 Å². The Morgan fingerprint density at radius 2 is 1.76 bits per heavy atom. The molecule has 0 spiro atoms. The average Bonchev–Trinajstić information content (AvgIpc) is 3.28. The predicted molar refractivity (Wildman–Crippen MR) is 129 cm³/mol. The molecule has 1 aliphatic rings. The molecule has 4 heterocycles. The molecule has 168 valence electrons. The molecule has 0 aliphatic carbocycles. The van der Waals surface area contributed by atoms with Gasteiger partial charge in [-0.05, 0) is 61.0 Å². The summed E-state index contributed by atoms with van der Waals surface area (Å²) >= 11 is 0. The molecule has 7 nitrogen and oxygen atoms in total. The molecule has 0 atom stereocenters. The number of carbonyl (C=O) groups is 1. The highest BCUT2D eigenvalue weighted by Crippen LogP contribution is 2.21. The van der Waals surface area contributed by atoms with Gasteiger partial charge in [0.2, 0.25) is 0 Å². The normalized spacial score (nSPS) is 14.7. The van der Waals surface area contributed by atoms with E-state index in [-0.39, 0.29) is 5.91 Å². The average molecular weight is 441 g/mol. The lowest BCUT2D eigenvalue weighted by molar-refractivity contribution is 0.0659. The van der Waals surface area contributed by atoms with Gasteiger partial charge in [0, 0.05) is 55.9 Å². The van der Waals surface area contributed by atoms with Crippen LogP contribution in [0.25, 0.3) is 22.3 Å². The maximum Gasteiger partial charge on any atom is 0.270 e. The van der Waals surface area contributed by atoms with Crippen molar-refractivity contribution in [2.75, 3.05) is 33.2 Å². The molecule has 1 fully saturated rings. The number of carbonyl (C=O) groups excluding carboxylic acids is 1. The van der Waals surface area contributed by atoms with Crippen LogP contribution in [0.3, 0.4) is 0 Å². The first-order chi connectivity index (χ1) is 16.1. The van der Waals surface area contributed by atoms with Crippen molar-refractivity contribution >= 4 is 16.8 Å². The topological polar surface area (TPSA) is 78.0 Å². The lowest BCUT2D eigenvalue weighted by Gasteiger charge is -2.32. The molecule has 3 aromatic heterocycles. The highest BCUT2D eigenvalue weighted by atomic mass is 16.2. The summed E-state index contributed by atoms with van der Waals surface area (Å²) in [6.07, 6.45) is 5.20. The molecular formula is C26H28N6O. The second kappa shape index (κ2) is 9.11. The molecular weight excluding hydrogens is 412 g/mol. The number of hydrogen-bond acceptors (Lipinski definition) is 5. The summed E-state index contributed by atoms with van der Waals surface area (Å²) in [7, 11) is 2.09. The fraction of sp³-hybridized carbons (Fsp3) is 0.308. The van der Waals surface area contributed by atoms with Crippen molar-refractivity contribution in [1.29, 1.82) is 0 Å². The Labute approximate surface area is 193 Å². The number of fused-ring (bicyclic) bond motifs is 1. The molecule has 5 rings (SSSR count). The number of aromatic amines is 1. The van der Waals surface area contributed by atoms with Gasteiger partial charge in [-0.25, -0.2) is 9.97 Å². The highest BCUT2D eigenvalue weighted by Gasteiger charge is 2.21. The van der Waals surface area contributed by atoms with Crippen LogP contribution in [0.2, 0.25) is 0 Å². The standard InChI is InChI=1S/C26H28N6O/c1-3-18-6-8-27-23(15-18)22-7-9-28-25(30-22)16-19-4-5-21-20(14-19)17-24(29-21)26(33)32-12-10-31(2)11-13-32/h4-9,14-15,17,29H,3,10-13,16H2,1-2H3. The molecule has 1 aliphatic heterocycles. The summed E-state index contributed by atoms with van der Waals surface area (Å²) in [6.45, 7) is 5.48. The van der Waals surface area contributed by atoms with Crippen LogP contribution < -0.4 is 0 Å². The molecule has 4 aromatic rings. The van der Waals surface area contributed by atoms with Crippen LogP contribution in [0.1, 0.15) is 34.4 Å². The van der Waals surface area contributed by atoms with Crippen LogP contribution in [0, 0.1) is 0 Å². The molecule has 1 saturated heterocycles. The van der Waals surface area contributed by atoms with Gasteiger partial charge in [-0.3, -0.25) is 9.78 Å². The second-order valence-corrected chi connectivity index (χ2v) is 8.64. The van der Waals surface area contributed by atoms with Gasteiger partial charge in [0.1, 0.15) is 11.5 Å². The van der Waals surface area contributed by atoms with Gasteiger partial charge in [0.15, 0.2) is 0 Å². The predicted octanol–water partition coefficient (Wildman–Crippen LogP) is 3.56. The number of amides is 1. The summed E-state index contributed by atoms with van der Waals surface area (Å²) in [4.78, 5) is 34.1. The largest absolute Gasteiger partial charge is 0.351 e. The Morgan fingerprint density at radius 1 is 0.939 bits per heavy atom. The Balaban J connectivity index is 1.35. The monoisotopic (exact) mass is 440 g/mol. The van der Waals surface area contributed by atoms with Gasteiger partial charge in [-0.15, -0.1) is 0 Å². The Kier molecular flexibility index (Phi) is 5.88. The van der Waals surface area contributed by atoms with E-state index in [1.54, 1.807) is 6.20 Å². The first-order valence-corrected chi connectivity index (χ1v) is 11.5. The number of benzene rings is 1. The molecule has 7 heteroatoms. The number of aromatic nitrogens is 4. The van der Waals surface area contributed by atoms with Gasteiger partial charge in [-0.1, -0.05) is 13.0 Å². The SMILES string of the molecule is CCc1ccnc(-c2ccnc(Cc3ccc4[nH]c(C(=O)N5CCN(C)CC5)cc4c3)n2)c1.